The molecular formula is C27H44O5. The van der Waals surface area contributed by atoms with Crippen LogP contribution < -0.4 is 0 Å². The Hall–Kier alpha value is -0.940. The van der Waals surface area contributed by atoms with Gasteiger partial charge in [0, 0.05) is 5.41 Å². The maximum absolute atomic E-state index is 12.5. The maximum Gasteiger partial charge on any atom is 0.317 e. The van der Waals surface area contributed by atoms with E-state index in [1.54, 1.807) is 0 Å². The zero-order chi connectivity index (χ0) is 23.0. The van der Waals surface area contributed by atoms with Crippen molar-refractivity contribution in [3.05, 3.63) is 0 Å². The predicted octanol–water partition coefficient (Wildman–Crippen LogP) is 6.26. The molecule has 4 atom stereocenters. The van der Waals surface area contributed by atoms with E-state index in [0.29, 0.717) is 24.2 Å². The van der Waals surface area contributed by atoms with Gasteiger partial charge in [-0.2, -0.15) is 0 Å². The lowest BCUT2D eigenvalue weighted by Gasteiger charge is -2.63. The SMILES string of the molecule is CCC(CC)CC1C(=O)OC(=O)C1CCC(C)C(OO)C1(CC)C2CC3CC(C2)CC1C3. The highest BCUT2D eigenvalue weighted by Gasteiger charge is 2.60. The van der Waals surface area contributed by atoms with E-state index in [1.807, 2.05) is 0 Å². The molecule has 4 bridgehead atoms. The molecule has 4 saturated carbocycles. The molecule has 0 aromatic carbocycles. The minimum atomic E-state index is -0.348. The molecule has 0 aromatic rings. The molecule has 0 radical (unpaired) electrons. The Morgan fingerprint density at radius 2 is 1.53 bits per heavy atom. The van der Waals surface area contributed by atoms with Crippen LogP contribution in [0, 0.1) is 52.8 Å². The molecule has 5 rings (SSSR count). The Bertz CT molecular complexity index is 656. The van der Waals surface area contributed by atoms with Crippen LogP contribution in [0.2, 0.25) is 0 Å². The number of carbonyl (C=O) groups excluding carboxylic acids is 2. The summed E-state index contributed by atoms with van der Waals surface area (Å²) < 4.78 is 5.07. The van der Waals surface area contributed by atoms with E-state index in [0.717, 1.165) is 43.9 Å². The molecule has 1 aliphatic heterocycles. The van der Waals surface area contributed by atoms with Crippen LogP contribution in [0.5, 0.6) is 0 Å². The van der Waals surface area contributed by atoms with Crippen molar-refractivity contribution < 1.29 is 24.5 Å². The number of hydrogen-bond donors (Lipinski definition) is 1. The van der Waals surface area contributed by atoms with Crippen molar-refractivity contribution >= 4 is 11.9 Å². The molecule has 5 fully saturated rings. The first-order valence-electron chi connectivity index (χ1n) is 13.4. The summed E-state index contributed by atoms with van der Waals surface area (Å²) in [6.07, 6.45) is 11.6. The molecule has 0 spiro atoms. The van der Waals surface area contributed by atoms with Gasteiger partial charge in [-0.05, 0) is 93.3 Å². The number of carbonyl (C=O) groups is 2. The third-order valence-electron chi connectivity index (χ3n) is 10.4. The second-order valence-electron chi connectivity index (χ2n) is 11.7. The number of rotatable bonds is 11. The first-order chi connectivity index (χ1) is 15.4. The molecule has 0 aromatic heterocycles. The number of esters is 2. The normalized spacial score (nSPS) is 40.2. The van der Waals surface area contributed by atoms with E-state index < -0.39 is 0 Å². The third kappa shape index (κ3) is 4.06. The average Bonchev–Trinajstić information content (AvgIpc) is 3.04. The second kappa shape index (κ2) is 9.74. The highest BCUT2D eigenvalue weighted by molar-refractivity contribution is 5.96. The Labute approximate surface area is 193 Å². The van der Waals surface area contributed by atoms with Crippen molar-refractivity contribution in [1.29, 1.82) is 0 Å². The summed E-state index contributed by atoms with van der Waals surface area (Å²) in [5.74, 6) is 2.27. The minimum absolute atomic E-state index is 0.0442. The molecule has 5 heteroatoms. The van der Waals surface area contributed by atoms with E-state index in [4.69, 9.17) is 9.62 Å². The van der Waals surface area contributed by atoms with Gasteiger partial charge in [-0.3, -0.25) is 14.8 Å². The molecule has 1 heterocycles. The highest BCUT2D eigenvalue weighted by Crippen LogP contribution is 2.66. The Balaban J connectivity index is 1.45. The molecule has 1 saturated heterocycles. The van der Waals surface area contributed by atoms with Gasteiger partial charge in [0.25, 0.3) is 0 Å². The maximum atomic E-state index is 12.5. The standard InChI is InChI=1S/C27H44O5/c1-5-17(6-2)15-23-22(25(28)31-26(23)29)9-8-16(4)24(32-30)27(7-3)20-11-18-10-19(13-20)14-21(27)12-18/h16-24,30H,5-15H2,1-4H3. The lowest BCUT2D eigenvalue weighted by Crippen LogP contribution is -2.59. The summed E-state index contributed by atoms with van der Waals surface area (Å²) in [6.45, 7) is 8.73. The van der Waals surface area contributed by atoms with Crippen LogP contribution >= 0.6 is 0 Å². The highest BCUT2D eigenvalue weighted by atomic mass is 17.1. The van der Waals surface area contributed by atoms with Gasteiger partial charge in [0.05, 0.1) is 11.8 Å². The Kier molecular flexibility index (Phi) is 7.36. The van der Waals surface area contributed by atoms with E-state index >= 15 is 0 Å². The van der Waals surface area contributed by atoms with Crippen molar-refractivity contribution in [2.24, 2.45) is 52.8 Å². The van der Waals surface area contributed by atoms with Gasteiger partial charge < -0.3 is 4.74 Å². The largest absolute Gasteiger partial charge is 0.393 e. The fourth-order valence-electron chi connectivity index (χ4n) is 8.77. The van der Waals surface area contributed by atoms with Gasteiger partial charge in [-0.25, -0.2) is 4.89 Å². The van der Waals surface area contributed by atoms with Crippen LogP contribution in [0.3, 0.4) is 0 Å². The van der Waals surface area contributed by atoms with Gasteiger partial charge in [-0.1, -0.05) is 40.5 Å². The molecule has 5 nitrogen and oxygen atoms in total. The summed E-state index contributed by atoms with van der Waals surface area (Å²) in [5.41, 5.74) is 0.0442. The second-order valence-corrected chi connectivity index (χ2v) is 11.7. The quantitative estimate of drug-likeness (QED) is 0.175. The lowest BCUT2D eigenvalue weighted by atomic mass is 9.42. The van der Waals surface area contributed by atoms with E-state index in [9.17, 15) is 14.8 Å². The summed E-state index contributed by atoms with van der Waals surface area (Å²) in [5, 5.41) is 10.2. The van der Waals surface area contributed by atoms with E-state index in [-0.39, 0.29) is 41.2 Å². The van der Waals surface area contributed by atoms with Crippen molar-refractivity contribution in [3.8, 4) is 0 Å². The number of hydrogen-bond acceptors (Lipinski definition) is 5. The Morgan fingerprint density at radius 1 is 0.969 bits per heavy atom. The summed E-state index contributed by atoms with van der Waals surface area (Å²) in [7, 11) is 0. The molecule has 182 valence electrons. The van der Waals surface area contributed by atoms with E-state index in [2.05, 4.69) is 27.7 Å². The fraction of sp³-hybridized carbons (Fsp3) is 0.926. The molecular weight excluding hydrogens is 404 g/mol. The molecule has 5 aliphatic rings. The molecule has 0 amide bonds. The molecule has 1 N–H and O–H groups in total. The van der Waals surface area contributed by atoms with E-state index in [1.165, 1.54) is 32.1 Å². The molecule has 4 aliphatic carbocycles. The van der Waals surface area contributed by atoms with Gasteiger partial charge in [0.15, 0.2) is 0 Å². The average molecular weight is 449 g/mol. The van der Waals surface area contributed by atoms with Crippen molar-refractivity contribution in [3.63, 3.8) is 0 Å². The van der Waals surface area contributed by atoms with Crippen molar-refractivity contribution in [2.45, 2.75) is 104 Å². The smallest absolute Gasteiger partial charge is 0.317 e. The van der Waals surface area contributed by atoms with Crippen LogP contribution in [0.15, 0.2) is 0 Å². The van der Waals surface area contributed by atoms with Crippen LogP contribution in [-0.2, 0) is 19.2 Å². The topological polar surface area (TPSA) is 72.8 Å². The van der Waals surface area contributed by atoms with Gasteiger partial charge in [0.2, 0.25) is 0 Å². The molecule has 4 unspecified atom stereocenters. The van der Waals surface area contributed by atoms with Crippen LogP contribution in [0.4, 0.5) is 0 Å². The van der Waals surface area contributed by atoms with Crippen LogP contribution in [0.1, 0.15) is 98.3 Å². The zero-order valence-corrected chi connectivity index (χ0v) is 20.6. The predicted molar refractivity (Wildman–Crippen MR) is 122 cm³/mol. The van der Waals surface area contributed by atoms with Gasteiger partial charge in [0.1, 0.15) is 6.10 Å². The monoisotopic (exact) mass is 448 g/mol. The first-order valence-corrected chi connectivity index (χ1v) is 13.4. The summed E-state index contributed by atoms with van der Waals surface area (Å²) in [4.78, 5) is 30.2. The van der Waals surface area contributed by atoms with Crippen molar-refractivity contribution in [2.75, 3.05) is 0 Å². The van der Waals surface area contributed by atoms with Gasteiger partial charge >= 0.3 is 11.9 Å². The number of ether oxygens (including phenoxy) is 1. The van der Waals surface area contributed by atoms with Gasteiger partial charge in [-0.15, -0.1) is 0 Å². The lowest BCUT2D eigenvalue weighted by molar-refractivity contribution is -0.342. The third-order valence-corrected chi connectivity index (χ3v) is 10.4. The fourth-order valence-corrected chi connectivity index (χ4v) is 8.77. The number of cyclic esters (lactones) is 2. The summed E-state index contributed by atoms with van der Waals surface area (Å²) in [6, 6.07) is 0. The Morgan fingerprint density at radius 3 is 2.03 bits per heavy atom. The summed E-state index contributed by atoms with van der Waals surface area (Å²) >= 11 is 0. The zero-order valence-electron chi connectivity index (χ0n) is 20.6. The van der Waals surface area contributed by atoms with Crippen LogP contribution in [-0.4, -0.2) is 23.3 Å². The van der Waals surface area contributed by atoms with Crippen LogP contribution in [0.25, 0.3) is 0 Å². The van der Waals surface area contributed by atoms with Crippen molar-refractivity contribution in [1.82, 2.24) is 0 Å². The first kappa shape index (κ1) is 24.2. The molecule has 32 heavy (non-hydrogen) atoms. The minimum Gasteiger partial charge on any atom is -0.393 e.